The van der Waals surface area contributed by atoms with Gasteiger partial charge in [-0.3, -0.25) is 0 Å². The number of aromatic hydroxyl groups is 1. The van der Waals surface area contributed by atoms with E-state index >= 15 is 0 Å². The van der Waals surface area contributed by atoms with Crippen molar-refractivity contribution in [3.8, 4) is 5.75 Å². The van der Waals surface area contributed by atoms with Crippen LogP contribution in [0.25, 0.3) is 0 Å². The number of aliphatic hydroxyl groups excluding tert-OH is 1. The highest BCUT2D eigenvalue weighted by atomic mass is 16.5. The summed E-state index contributed by atoms with van der Waals surface area (Å²) in [7, 11) is -0.992. The summed E-state index contributed by atoms with van der Waals surface area (Å²) >= 11 is 0. The third-order valence-corrected chi connectivity index (χ3v) is 2.37. The maximum Gasteiger partial charge on any atom is 0.492 e. The smallest absolute Gasteiger partial charge is 0.492 e. The van der Waals surface area contributed by atoms with Crippen molar-refractivity contribution >= 4 is 12.6 Å². The Labute approximate surface area is 81.9 Å². The fourth-order valence-electron chi connectivity index (χ4n) is 1.71. The first-order valence-corrected chi connectivity index (χ1v) is 4.49. The summed E-state index contributed by atoms with van der Waals surface area (Å²) in [6.07, 6.45) is 0.181. The molecular formula is C9H11BO4. The molecular weight excluding hydrogens is 183 g/mol. The topological polar surface area (TPSA) is 69.9 Å². The molecule has 0 aliphatic carbocycles. The second-order valence-electron chi connectivity index (χ2n) is 3.30. The highest BCUT2D eigenvalue weighted by Crippen LogP contribution is 2.27. The number of phenols is 1. The van der Waals surface area contributed by atoms with Crippen molar-refractivity contribution in [2.45, 2.75) is 12.5 Å². The van der Waals surface area contributed by atoms with Crippen LogP contribution in [-0.2, 0) is 4.65 Å². The molecule has 1 aromatic carbocycles. The molecule has 0 saturated carbocycles. The summed E-state index contributed by atoms with van der Waals surface area (Å²) in [6, 6.07) is 4.74. The van der Waals surface area contributed by atoms with E-state index < -0.39 is 7.12 Å². The number of phenolic OH excluding ortho intramolecular Hbond substituents is 1. The zero-order chi connectivity index (χ0) is 10.1. The summed E-state index contributed by atoms with van der Waals surface area (Å²) in [5, 5.41) is 27.5. The molecule has 0 aromatic heterocycles. The Morgan fingerprint density at radius 3 is 2.93 bits per heavy atom. The molecule has 1 aromatic rings. The lowest BCUT2D eigenvalue weighted by Crippen LogP contribution is -2.27. The molecule has 0 spiro atoms. The van der Waals surface area contributed by atoms with Crippen molar-refractivity contribution in [3.05, 3.63) is 23.8 Å². The number of aliphatic hydroxyl groups is 1. The van der Waals surface area contributed by atoms with E-state index in [2.05, 4.69) is 0 Å². The van der Waals surface area contributed by atoms with Crippen LogP contribution in [0.2, 0.25) is 0 Å². The van der Waals surface area contributed by atoms with Gasteiger partial charge in [0.25, 0.3) is 0 Å². The third-order valence-electron chi connectivity index (χ3n) is 2.37. The van der Waals surface area contributed by atoms with Crippen LogP contribution in [0.3, 0.4) is 0 Å². The highest BCUT2D eigenvalue weighted by molar-refractivity contribution is 6.61. The first-order chi connectivity index (χ1) is 6.72. The summed E-state index contributed by atoms with van der Waals surface area (Å²) in [5.74, 6) is 0.107. The molecule has 4 nitrogen and oxygen atoms in total. The molecule has 1 unspecified atom stereocenters. The molecule has 1 aliphatic rings. The fraction of sp³-hybridized carbons (Fsp3) is 0.333. The van der Waals surface area contributed by atoms with Crippen LogP contribution in [0.5, 0.6) is 5.75 Å². The maximum absolute atomic E-state index is 9.49. The number of hydrogen-bond donors (Lipinski definition) is 3. The quantitative estimate of drug-likeness (QED) is 0.556. The third kappa shape index (κ3) is 1.50. The molecule has 1 aliphatic heterocycles. The van der Waals surface area contributed by atoms with Crippen molar-refractivity contribution in [1.82, 2.24) is 0 Å². The largest absolute Gasteiger partial charge is 0.508 e. The Morgan fingerprint density at radius 2 is 2.21 bits per heavy atom. The molecule has 0 amide bonds. The van der Waals surface area contributed by atoms with E-state index in [1.54, 1.807) is 12.1 Å². The molecule has 14 heavy (non-hydrogen) atoms. The van der Waals surface area contributed by atoms with Crippen LogP contribution < -0.4 is 5.46 Å². The molecule has 2 rings (SSSR count). The molecule has 0 fully saturated rings. The molecule has 3 N–H and O–H groups in total. The van der Waals surface area contributed by atoms with Gasteiger partial charge < -0.3 is 19.9 Å². The van der Waals surface area contributed by atoms with Gasteiger partial charge in [0.15, 0.2) is 0 Å². The zero-order valence-corrected chi connectivity index (χ0v) is 7.55. The van der Waals surface area contributed by atoms with E-state index in [4.69, 9.17) is 9.76 Å². The normalized spacial score (nSPS) is 19.9. The van der Waals surface area contributed by atoms with Crippen LogP contribution in [0.4, 0.5) is 0 Å². The van der Waals surface area contributed by atoms with Crippen LogP contribution in [0.15, 0.2) is 18.2 Å². The minimum absolute atomic E-state index is 0.0116. The second kappa shape index (κ2) is 3.61. The first-order valence-electron chi connectivity index (χ1n) is 4.49. The fourth-order valence-corrected chi connectivity index (χ4v) is 1.71. The maximum atomic E-state index is 9.49. The van der Waals surface area contributed by atoms with Gasteiger partial charge in [0.1, 0.15) is 5.75 Å². The van der Waals surface area contributed by atoms with Crippen LogP contribution in [-0.4, -0.2) is 29.0 Å². The van der Waals surface area contributed by atoms with E-state index in [9.17, 15) is 10.1 Å². The predicted octanol–water partition coefficient (Wildman–Crippen LogP) is -0.467. The van der Waals surface area contributed by atoms with Gasteiger partial charge in [0.05, 0.1) is 6.10 Å². The Kier molecular flexibility index (Phi) is 2.45. The number of rotatable bonds is 2. The lowest BCUT2D eigenvalue weighted by atomic mass is 9.79. The summed E-state index contributed by atoms with van der Waals surface area (Å²) in [6.45, 7) is 0.0116. The van der Waals surface area contributed by atoms with Gasteiger partial charge in [-0.2, -0.15) is 0 Å². The Bertz CT molecular complexity index is 342. The van der Waals surface area contributed by atoms with E-state index in [1.165, 1.54) is 6.07 Å². The Hall–Kier alpha value is -1.04. The van der Waals surface area contributed by atoms with Gasteiger partial charge >= 0.3 is 7.12 Å². The molecule has 0 saturated heterocycles. The van der Waals surface area contributed by atoms with Gasteiger partial charge in [-0.1, -0.05) is 6.07 Å². The van der Waals surface area contributed by atoms with Gasteiger partial charge in [0, 0.05) is 6.61 Å². The van der Waals surface area contributed by atoms with Gasteiger partial charge in [0.2, 0.25) is 0 Å². The van der Waals surface area contributed by atoms with Crippen LogP contribution >= 0.6 is 0 Å². The minimum Gasteiger partial charge on any atom is -0.508 e. The van der Waals surface area contributed by atoms with E-state index in [0.717, 1.165) is 5.56 Å². The second-order valence-corrected chi connectivity index (χ2v) is 3.30. The molecule has 1 atom stereocenters. The van der Waals surface area contributed by atoms with Gasteiger partial charge in [-0.05, 0) is 29.6 Å². The lowest BCUT2D eigenvalue weighted by molar-refractivity contribution is 0.148. The molecule has 0 radical (unpaired) electrons. The van der Waals surface area contributed by atoms with Crippen LogP contribution in [0.1, 0.15) is 18.1 Å². The highest BCUT2D eigenvalue weighted by Gasteiger charge is 2.34. The standard InChI is InChI=1S/C9H11BO4/c11-4-3-9-7-2-1-6(12)5-8(7)10(13)14-9/h1-2,5,9,11-13H,3-4H2. The van der Waals surface area contributed by atoms with Gasteiger partial charge in [-0.15, -0.1) is 0 Å². The molecule has 0 bridgehead atoms. The zero-order valence-electron chi connectivity index (χ0n) is 7.55. The SMILES string of the molecule is OCCC1OB(O)c2cc(O)ccc21. The number of fused-ring (bicyclic) bond motifs is 1. The van der Waals surface area contributed by atoms with Crippen molar-refractivity contribution < 1.29 is 19.9 Å². The number of benzene rings is 1. The van der Waals surface area contributed by atoms with E-state index in [0.29, 0.717) is 11.9 Å². The molecule has 5 heteroatoms. The predicted molar refractivity (Wildman–Crippen MR) is 51.2 cm³/mol. The van der Waals surface area contributed by atoms with Crippen molar-refractivity contribution in [1.29, 1.82) is 0 Å². The van der Waals surface area contributed by atoms with Crippen LogP contribution in [0, 0.1) is 0 Å². The average molecular weight is 194 g/mol. The number of hydrogen-bond acceptors (Lipinski definition) is 4. The summed E-state index contributed by atoms with van der Waals surface area (Å²) in [4.78, 5) is 0. The monoisotopic (exact) mass is 194 g/mol. The Balaban J connectivity index is 2.34. The molecule has 1 heterocycles. The van der Waals surface area contributed by atoms with Crippen molar-refractivity contribution in [2.75, 3.05) is 6.61 Å². The first kappa shape index (κ1) is 9.52. The lowest BCUT2D eigenvalue weighted by Gasteiger charge is -2.09. The van der Waals surface area contributed by atoms with Gasteiger partial charge in [-0.25, -0.2) is 0 Å². The Morgan fingerprint density at radius 1 is 1.43 bits per heavy atom. The average Bonchev–Trinajstić information content (AvgIpc) is 2.44. The molecule has 74 valence electrons. The minimum atomic E-state index is -0.992. The summed E-state index contributed by atoms with van der Waals surface area (Å²) in [5.41, 5.74) is 1.42. The van der Waals surface area contributed by atoms with Crippen molar-refractivity contribution in [3.63, 3.8) is 0 Å². The van der Waals surface area contributed by atoms with E-state index in [1.807, 2.05) is 0 Å². The van der Waals surface area contributed by atoms with Crippen molar-refractivity contribution in [2.24, 2.45) is 0 Å². The summed E-state index contributed by atoms with van der Waals surface area (Å²) < 4.78 is 5.21. The van der Waals surface area contributed by atoms with E-state index in [-0.39, 0.29) is 18.5 Å².